The standard InChI is InChI=1S/C14H15Cl2NO3S/c1-18-9-6-11(20-3)10(19-2)4-7(9)13(17)8-5-12(15)21-14(8)16/h4-6,13H,17H2,1-3H3. The Labute approximate surface area is 137 Å². The molecule has 0 aliphatic heterocycles. The van der Waals surface area contributed by atoms with Crippen molar-refractivity contribution in [1.29, 1.82) is 0 Å². The van der Waals surface area contributed by atoms with Gasteiger partial charge in [-0.15, -0.1) is 11.3 Å². The number of thiophene rings is 1. The van der Waals surface area contributed by atoms with Crippen molar-refractivity contribution in [2.24, 2.45) is 5.73 Å². The lowest BCUT2D eigenvalue weighted by molar-refractivity contribution is 0.347. The van der Waals surface area contributed by atoms with Gasteiger partial charge in [-0.1, -0.05) is 23.2 Å². The van der Waals surface area contributed by atoms with E-state index in [1.54, 1.807) is 39.5 Å². The molecule has 2 rings (SSSR count). The lowest BCUT2D eigenvalue weighted by atomic mass is 10.0. The van der Waals surface area contributed by atoms with Gasteiger partial charge in [0.15, 0.2) is 11.5 Å². The number of hydrogen-bond donors (Lipinski definition) is 1. The van der Waals surface area contributed by atoms with Crippen molar-refractivity contribution in [3.8, 4) is 17.2 Å². The fraction of sp³-hybridized carbons (Fsp3) is 0.286. The van der Waals surface area contributed by atoms with Crippen molar-refractivity contribution < 1.29 is 14.2 Å². The number of hydrogen-bond acceptors (Lipinski definition) is 5. The molecule has 0 spiro atoms. The number of halogens is 2. The van der Waals surface area contributed by atoms with Crippen LogP contribution in [-0.4, -0.2) is 21.3 Å². The Hall–Kier alpha value is -1.14. The summed E-state index contributed by atoms with van der Waals surface area (Å²) in [6, 6.07) is 4.80. The zero-order valence-corrected chi connectivity index (χ0v) is 14.1. The summed E-state index contributed by atoms with van der Waals surface area (Å²) in [6.45, 7) is 0. The zero-order chi connectivity index (χ0) is 15.6. The molecule has 7 heteroatoms. The van der Waals surface area contributed by atoms with Crippen LogP contribution in [-0.2, 0) is 0 Å². The van der Waals surface area contributed by atoms with Crippen LogP contribution >= 0.6 is 34.5 Å². The van der Waals surface area contributed by atoms with E-state index in [4.69, 9.17) is 43.1 Å². The third-order valence-corrected chi connectivity index (χ3v) is 4.61. The Morgan fingerprint density at radius 1 is 0.905 bits per heavy atom. The number of methoxy groups -OCH3 is 3. The minimum Gasteiger partial charge on any atom is -0.496 e. The van der Waals surface area contributed by atoms with E-state index in [9.17, 15) is 0 Å². The molecule has 0 fully saturated rings. The van der Waals surface area contributed by atoms with Gasteiger partial charge in [0.2, 0.25) is 0 Å². The first kappa shape index (κ1) is 16.2. The summed E-state index contributed by atoms with van der Waals surface area (Å²) in [6.07, 6.45) is 0. The van der Waals surface area contributed by atoms with E-state index >= 15 is 0 Å². The maximum Gasteiger partial charge on any atom is 0.164 e. The third kappa shape index (κ3) is 3.21. The first-order valence-electron chi connectivity index (χ1n) is 6.02. The molecule has 0 aliphatic carbocycles. The van der Waals surface area contributed by atoms with Gasteiger partial charge in [0.25, 0.3) is 0 Å². The van der Waals surface area contributed by atoms with Crippen LogP contribution in [0.4, 0.5) is 0 Å². The van der Waals surface area contributed by atoms with Crippen molar-refractivity contribution in [1.82, 2.24) is 0 Å². The van der Waals surface area contributed by atoms with E-state index in [1.807, 2.05) is 0 Å². The first-order valence-corrected chi connectivity index (χ1v) is 7.59. The number of benzene rings is 1. The van der Waals surface area contributed by atoms with Gasteiger partial charge in [-0.05, 0) is 12.1 Å². The molecular formula is C14H15Cl2NO3S. The Morgan fingerprint density at radius 2 is 1.48 bits per heavy atom. The Kier molecular flexibility index (Phi) is 5.22. The molecule has 0 saturated heterocycles. The highest BCUT2D eigenvalue weighted by Crippen LogP contribution is 2.42. The summed E-state index contributed by atoms with van der Waals surface area (Å²) >= 11 is 13.4. The summed E-state index contributed by atoms with van der Waals surface area (Å²) in [5.41, 5.74) is 7.80. The molecule has 0 amide bonds. The molecule has 0 radical (unpaired) electrons. The topological polar surface area (TPSA) is 53.7 Å². The number of rotatable bonds is 5. The van der Waals surface area contributed by atoms with Crippen LogP contribution in [0.1, 0.15) is 17.2 Å². The minimum absolute atomic E-state index is 0.476. The number of ether oxygens (including phenoxy) is 3. The SMILES string of the molecule is COc1cc(OC)c(C(N)c2cc(Cl)sc2Cl)cc1OC. The van der Waals surface area contributed by atoms with Crippen LogP contribution in [0.3, 0.4) is 0 Å². The average molecular weight is 348 g/mol. The molecule has 4 nitrogen and oxygen atoms in total. The molecule has 1 heterocycles. The van der Waals surface area contributed by atoms with E-state index in [0.717, 1.165) is 11.1 Å². The second-order valence-corrected chi connectivity index (χ2v) is 6.49. The van der Waals surface area contributed by atoms with Crippen molar-refractivity contribution in [2.75, 3.05) is 21.3 Å². The van der Waals surface area contributed by atoms with Gasteiger partial charge in [0.1, 0.15) is 5.75 Å². The van der Waals surface area contributed by atoms with Crippen LogP contribution in [0.5, 0.6) is 17.2 Å². The zero-order valence-electron chi connectivity index (χ0n) is 11.8. The molecule has 2 aromatic rings. The molecule has 1 aromatic heterocycles. The normalized spacial score (nSPS) is 12.1. The van der Waals surface area contributed by atoms with Gasteiger partial charge in [0.05, 0.1) is 36.0 Å². The molecule has 2 N–H and O–H groups in total. The summed E-state index contributed by atoms with van der Waals surface area (Å²) < 4.78 is 17.1. The van der Waals surface area contributed by atoms with Crippen molar-refractivity contribution in [3.63, 3.8) is 0 Å². The summed E-state index contributed by atoms with van der Waals surface area (Å²) in [5.74, 6) is 1.74. The Balaban J connectivity index is 2.53. The van der Waals surface area contributed by atoms with E-state index in [-0.39, 0.29) is 0 Å². The maximum atomic E-state index is 6.31. The van der Waals surface area contributed by atoms with Crippen LogP contribution in [0.25, 0.3) is 0 Å². The molecule has 1 aromatic carbocycles. The lowest BCUT2D eigenvalue weighted by Crippen LogP contribution is -2.13. The molecule has 114 valence electrons. The van der Waals surface area contributed by atoms with Gasteiger partial charge in [-0.25, -0.2) is 0 Å². The van der Waals surface area contributed by atoms with E-state index in [1.165, 1.54) is 11.3 Å². The quantitative estimate of drug-likeness (QED) is 0.883. The van der Waals surface area contributed by atoms with Gasteiger partial charge in [0, 0.05) is 17.2 Å². The fourth-order valence-corrected chi connectivity index (χ4v) is 3.58. The molecule has 21 heavy (non-hydrogen) atoms. The predicted octanol–water partition coefficient (Wildman–Crippen LogP) is 4.13. The summed E-state index contributed by atoms with van der Waals surface area (Å²) in [5, 5.41) is 0. The van der Waals surface area contributed by atoms with Crippen LogP contribution < -0.4 is 19.9 Å². The molecule has 0 saturated carbocycles. The van der Waals surface area contributed by atoms with Crippen molar-refractivity contribution in [3.05, 3.63) is 38.0 Å². The van der Waals surface area contributed by atoms with Gasteiger partial charge < -0.3 is 19.9 Å². The van der Waals surface area contributed by atoms with Crippen LogP contribution in [0.2, 0.25) is 8.67 Å². The van der Waals surface area contributed by atoms with Crippen molar-refractivity contribution in [2.45, 2.75) is 6.04 Å². The molecule has 0 bridgehead atoms. The van der Waals surface area contributed by atoms with Crippen LogP contribution in [0.15, 0.2) is 18.2 Å². The van der Waals surface area contributed by atoms with E-state index in [2.05, 4.69) is 0 Å². The minimum atomic E-state index is -0.476. The molecular weight excluding hydrogens is 333 g/mol. The lowest BCUT2D eigenvalue weighted by Gasteiger charge is -2.18. The monoisotopic (exact) mass is 347 g/mol. The van der Waals surface area contributed by atoms with E-state index in [0.29, 0.717) is 25.9 Å². The Morgan fingerprint density at radius 3 is 1.95 bits per heavy atom. The Bertz CT molecular complexity index is 645. The second-order valence-electron chi connectivity index (χ2n) is 4.21. The van der Waals surface area contributed by atoms with Crippen LogP contribution in [0, 0.1) is 0 Å². The first-order chi connectivity index (χ1) is 10.0. The average Bonchev–Trinajstić information content (AvgIpc) is 2.83. The smallest absolute Gasteiger partial charge is 0.164 e. The van der Waals surface area contributed by atoms with E-state index < -0.39 is 6.04 Å². The largest absolute Gasteiger partial charge is 0.496 e. The van der Waals surface area contributed by atoms with Gasteiger partial charge in [-0.3, -0.25) is 0 Å². The van der Waals surface area contributed by atoms with Gasteiger partial charge in [-0.2, -0.15) is 0 Å². The molecule has 1 atom stereocenters. The highest BCUT2D eigenvalue weighted by Gasteiger charge is 2.22. The third-order valence-electron chi connectivity index (χ3n) is 3.09. The summed E-state index contributed by atoms with van der Waals surface area (Å²) in [4.78, 5) is 0. The highest BCUT2D eigenvalue weighted by atomic mass is 35.5. The summed E-state index contributed by atoms with van der Waals surface area (Å²) in [7, 11) is 4.69. The van der Waals surface area contributed by atoms with Crippen molar-refractivity contribution >= 4 is 34.5 Å². The molecule has 1 unspecified atom stereocenters. The van der Waals surface area contributed by atoms with Gasteiger partial charge >= 0.3 is 0 Å². The molecule has 0 aliphatic rings. The fourth-order valence-electron chi connectivity index (χ4n) is 2.03. The second kappa shape index (κ2) is 6.75. The predicted molar refractivity (Wildman–Crippen MR) is 86.5 cm³/mol. The number of nitrogens with two attached hydrogens (primary N) is 1. The highest BCUT2D eigenvalue weighted by molar-refractivity contribution is 7.20. The maximum absolute atomic E-state index is 6.31.